The molecule has 0 aliphatic rings. The summed E-state index contributed by atoms with van der Waals surface area (Å²) in [5.41, 5.74) is -0.0199. The molecule has 0 fully saturated rings. The largest absolute Gasteiger partial charge is 0.462 e. The van der Waals surface area contributed by atoms with Crippen molar-refractivity contribution in [1.82, 2.24) is 5.32 Å². The molecule has 1 aromatic carbocycles. The molecule has 0 saturated heterocycles. The Balaban J connectivity index is 2.66. The first-order valence-corrected chi connectivity index (χ1v) is 7.81. The van der Waals surface area contributed by atoms with E-state index in [9.17, 15) is 9.18 Å². The number of carbonyl (C=O) groups is 1. The van der Waals surface area contributed by atoms with Gasteiger partial charge in [-0.3, -0.25) is 10.1 Å². The number of nitrogens with zero attached hydrogens (tertiary/aromatic N) is 1. The van der Waals surface area contributed by atoms with Gasteiger partial charge in [0, 0.05) is 6.54 Å². The monoisotopic (exact) mass is 308 g/mol. The number of rotatable bonds is 7. The Hall–Kier alpha value is -1.91. The fourth-order valence-electron chi connectivity index (χ4n) is 1.86. The molecule has 0 aliphatic heterocycles. The molecule has 22 heavy (non-hydrogen) atoms. The van der Waals surface area contributed by atoms with Crippen LogP contribution in [0.5, 0.6) is 0 Å². The van der Waals surface area contributed by atoms with Crippen molar-refractivity contribution in [2.45, 2.75) is 52.6 Å². The molecule has 4 nitrogen and oxygen atoms in total. The van der Waals surface area contributed by atoms with Crippen LogP contribution in [0.4, 0.5) is 4.39 Å². The molecule has 0 spiro atoms. The first kappa shape index (κ1) is 18.1. The summed E-state index contributed by atoms with van der Waals surface area (Å²) in [7, 11) is 0. The third-order valence-corrected chi connectivity index (χ3v) is 2.95. The maximum atomic E-state index is 13.6. The predicted molar refractivity (Wildman–Crippen MR) is 86.5 cm³/mol. The number of halogens is 1. The van der Waals surface area contributed by atoms with Crippen LogP contribution in [0.15, 0.2) is 29.3 Å². The van der Waals surface area contributed by atoms with Crippen LogP contribution in [-0.2, 0) is 4.74 Å². The number of hydrogen-bond donors (Lipinski definition) is 1. The summed E-state index contributed by atoms with van der Waals surface area (Å²) in [6, 6.07) is 5.99. The van der Waals surface area contributed by atoms with Crippen LogP contribution in [-0.4, -0.2) is 24.6 Å². The van der Waals surface area contributed by atoms with E-state index in [1.165, 1.54) is 12.1 Å². The quantitative estimate of drug-likeness (QED) is 0.471. The molecule has 0 aliphatic carbocycles. The van der Waals surface area contributed by atoms with Crippen molar-refractivity contribution in [3.8, 4) is 0 Å². The maximum Gasteiger partial charge on any atom is 0.291 e. The van der Waals surface area contributed by atoms with Gasteiger partial charge in [0.15, 0.2) is 0 Å². The van der Waals surface area contributed by atoms with Crippen molar-refractivity contribution in [2.24, 2.45) is 4.99 Å². The lowest BCUT2D eigenvalue weighted by atomic mass is 10.2. The molecule has 1 aromatic rings. The minimum atomic E-state index is -0.563. The molecule has 1 N–H and O–H groups in total. The third kappa shape index (κ3) is 6.70. The van der Waals surface area contributed by atoms with Gasteiger partial charge in [-0.25, -0.2) is 9.38 Å². The molecule has 122 valence electrons. The second-order valence-electron chi connectivity index (χ2n) is 5.35. The molecule has 0 radical (unpaired) electrons. The molecule has 5 heteroatoms. The van der Waals surface area contributed by atoms with Crippen molar-refractivity contribution in [3.05, 3.63) is 35.6 Å². The Bertz CT molecular complexity index is 501. The lowest BCUT2D eigenvalue weighted by Crippen LogP contribution is -2.34. The molecule has 0 aromatic heterocycles. The molecule has 1 rings (SSSR count). The zero-order chi connectivity index (χ0) is 16.4. The van der Waals surface area contributed by atoms with Gasteiger partial charge in [-0.15, -0.1) is 0 Å². The maximum absolute atomic E-state index is 13.6. The summed E-state index contributed by atoms with van der Waals surface area (Å²) in [4.78, 5) is 16.4. The average Bonchev–Trinajstić information content (AvgIpc) is 2.46. The summed E-state index contributed by atoms with van der Waals surface area (Å²) in [5, 5.41) is 2.55. The highest BCUT2D eigenvalue weighted by atomic mass is 19.1. The van der Waals surface area contributed by atoms with Gasteiger partial charge in [0.25, 0.3) is 11.9 Å². The van der Waals surface area contributed by atoms with E-state index in [0.717, 1.165) is 25.7 Å². The Labute approximate surface area is 131 Å². The summed E-state index contributed by atoms with van der Waals surface area (Å²) < 4.78 is 19.1. The smallest absolute Gasteiger partial charge is 0.291 e. The van der Waals surface area contributed by atoms with Crippen molar-refractivity contribution in [3.63, 3.8) is 0 Å². The third-order valence-electron chi connectivity index (χ3n) is 2.95. The second kappa shape index (κ2) is 9.92. The molecule has 0 bridgehead atoms. The number of amidine groups is 1. The highest BCUT2D eigenvalue weighted by Crippen LogP contribution is 2.06. The van der Waals surface area contributed by atoms with E-state index in [1.54, 1.807) is 12.1 Å². The SMILES string of the molecule is CCCCCCN=C(NC(=O)c1ccccc1F)OC(C)C. The normalized spacial score (nSPS) is 11.6. The molecule has 0 heterocycles. The Morgan fingerprint density at radius 2 is 2.00 bits per heavy atom. The van der Waals surface area contributed by atoms with Gasteiger partial charge >= 0.3 is 0 Å². The standard InChI is InChI=1S/C17H25FN2O2/c1-4-5-6-9-12-19-17(22-13(2)3)20-16(21)14-10-7-8-11-15(14)18/h7-8,10-11,13H,4-6,9,12H2,1-3H3,(H,19,20,21). The summed E-state index contributed by atoms with van der Waals surface area (Å²) >= 11 is 0. The molecule has 1 amide bonds. The van der Waals surface area contributed by atoms with E-state index in [2.05, 4.69) is 17.2 Å². The van der Waals surface area contributed by atoms with E-state index in [1.807, 2.05) is 13.8 Å². The first-order chi connectivity index (χ1) is 10.5. The number of hydrogen-bond acceptors (Lipinski definition) is 3. The number of unbranched alkanes of at least 4 members (excludes halogenated alkanes) is 3. The lowest BCUT2D eigenvalue weighted by Gasteiger charge is -2.13. The van der Waals surface area contributed by atoms with E-state index in [0.29, 0.717) is 6.54 Å². The van der Waals surface area contributed by atoms with Gasteiger partial charge in [0.05, 0.1) is 11.7 Å². The van der Waals surface area contributed by atoms with Crippen LogP contribution in [0.3, 0.4) is 0 Å². The Morgan fingerprint density at radius 1 is 1.27 bits per heavy atom. The number of aliphatic imine (C=N–C) groups is 1. The Morgan fingerprint density at radius 3 is 2.64 bits per heavy atom. The summed E-state index contributed by atoms with van der Waals surface area (Å²) in [5.74, 6) is -1.11. The zero-order valence-electron chi connectivity index (χ0n) is 13.6. The van der Waals surface area contributed by atoms with Crippen LogP contribution in [0.25, 0.3) is 0 Å². The molecule has 0 unspecified atom stereocenters. The number of benzene rings is 1. The summed E-state index contributed by atoms with van der Waals surface area (Å²) in [6.45, 7) is 6.43. The van der Waals surface area contributed by atoms with Crippen molar-refractivity contribution in [2.75, 3.05) is 6.54 Å². The number of amides is 1. The van der Waals surface area contributed by atoms with Crippen LogP contribution >= 0.6 is 0 Å². The van der Waals surface area contributed by atoms with E-state index in [4.69, 9.17) is 4.74 Å². The van der Waals surface area contributed by atoms with Gasteiger partial charge in [0.2, 0.25) is 0 Å². The van der Waals surface area contributed by atoms with Crippen molar-refractivity contribution < 1.29 is 13.9 Å². The van der Waals surface area contributed by atoms with E-state index >= 15 is 0 Å². The number of nitrogens with one attached hydrogen (secondary N) is 1. The van der Waals surface area contributed by atoms with Crippen LogP contribution in [0.2, 0.25) is 0 Å². The lowest BCUT2D eigenvalue weighted by molar-refractivity contribution is 0.0956. The van der Waals surface area contributed by atoms with Crippen molar-refractivity contribution in [1.29, 1.82) is 0 Å². The van der Waals surface area contributed by atoms with Crippen molar-refractivity contribution >= 4 is 11.9 Å². The van der Waals surface area contributed by atoms with Crippen LogP contribution in [0, 0.1) is 5.82 Å². The number of carbonyl (C=O) groups excluding carboxylic acids is 1. The minimum absolute atomic E-state index is 0.0199. The average molecular weight is 308 g/mol. The number of ether oxygens (including phenoxy) is 1. The van der Waals surface area contributed by atoms with E-state index < -0.39 is 11.7 Å². The molecular weight excluding hydrogens is 283 g/mol. The van der Waals surface area contributed by atoms with Gasteiger partial charge in [-0.05, 0) is 32.4 Å². The summed E-state index contributed by atoms with van der Waals surface area (Å²) in [6.07, 6.45) is 4.24. The van der Waals surface area contributed by atoms with Gasteiger partial charge in [0.1, 0.15) is 5.82 Å². The molecule has 0 saturated carbocycles. The topological polar surface area (TPSA) is 50.7 Å². The van der Waals surface area contributed by atoms with Gasteiger partial charge in [-0.1, -0.05) is 38.3 Å². The van der Waals surface area contributed by atoms with Crippen LogP contribution in [0.1, 0.15) is 56.8 Å². The fourth-order valence-corrected chi connectivity index (χ4v) is 1.86. The fraction of sp³-hybridized carbons (Fsp3) is 0.529. The molecular formula is C17H25FN2O2. The van der Waals surface area contributed by atoms with Gasteiger partial charge < -0.3 is 4.74 Å². The zero-order valence-corrected chi connectivity index (χ0v) is 13.6. The van der Waals surface area contributed by atoms with Gasteiger partial charge in [-0.2, -0.15) is 0 Å². The minimum Gasteiger partial charge on any atom is -0.462 e. The first-order valence-electron chi connectivity index (χ1n) is 7.81. The van der Waals surface area contributed by atoms with E-state index in [-0.39, 0.29) is 17.7 Å². The highest BCUT2D eigenvalue weighted by Gasteiger charge is 2.14. The predicted octanol–water partition coefficient (Wildman–Crippen LogP) is 3.92. The highest BCUT2D eigenvalue weighted by molar-refractivity contribution is 6.04. The molecule has 0 atom stereocenters. The second-order valence-corrected chi connectivity index (χ2v) is 5.35. The van der Waals surface area contributed by atoms with Crippen LogP contribution < -0.4 is 5.32 Å². The Kier molecular flexibility index (Phi) is 8.18.